The fourth-order valence-corrected chi connectivity index (χ4v) is 11.0. The number of para-hydroxylation sites is 1. The van der Waals surface area contributed by atoms with Gasteiger partial charge in [0, 0.05) is 49.3 Å². The lowest BCUT2D eigenvalue weighted by Crippen LogP contribution is -2.47. The second kappa shape index (κ2) is 18.1. The van der Waals surface area contributed by atoms with Gasteiger partial charge in [-0.3, -0.25) is 19.0 Å². The molecule has 3 aliphatic rings. The maximum atomic E-state index is 14.9. The molecular formula is C47H62N6O6S2. The number of nitrogens with zero attached hydrogens (tertiary/aromatic N) is 5. The number of rotatable bonds is 11. The normalized spacial score (nSPS) is 24.6. The number of benzene rings is 2. The van der Waals surface area contributed by atoms with Crippen LogP contribution in [0.15, 0.2) is 60.7 Å². The number of hydrogen-bond acceptors (Lipinski definition) is 9. The fraction of sp³-hybridized carbons (Fsp3) is 0.553. The maximum Gasteiger partial charge on any atom is 0.303 e. The van der Waals surface area contributed by atoms with Gasteiger partial charge in [-0.1, -0.05) is 89.1 Å². The number of nitrogens with one attached hydrogen (secondary N) is 1. The molecule has 0 bridgehead atoms. The molecule has 0 radical (unpaired) electrons. The molecule has 0 unspecified atom stereocenters. The summed E-state index contributed by atoms with van der Waals surface area (Å²) in [5.41, 5.74) is 3.54. The van der Waals surface area contributed by atoms with Crippen LogP contribution in [0.2, 0.25) is 0 Å². The Hall–Kier alpha value is -4.40. The molecule has 328 valence electrons. The average Bonchev–Trinajstić information content (AvgIpc) is 3.53. The van der Waals surface area contributed by atoms with Crippen molar-refractivity contribution < 1.29 is 27.5 Å². The Bertz CT molecular complexity index is 2360. The molecule has 12 nitrogen and oxygen atoms in total. The van der Waals surface area contributed by atoms with Crippen molar-refractivity contribution in [1.29, 1.82) is 0 Å². The number of Topliss-reactive ketones (excluding diaryl/α,β-unsaturated/α-hetero) is 1. The summed E-state index contributed by atoms with van der Waals surface area (Å²) in [6, 6.07) is 15.6. The molecule has 1 N–H and O–H groups in total. The molecule has 2 amide bonds. The highest BCUT2D eigenvalue weighted by atomic mass is 32.2. The van der Waals surface area contributed by atoms with Gasteiger partial charge in [-0.2, -0.15) is 17.7 Å². The van der Waals surface area contributed by atoms with E-state index < -0.39 is 33.7 Å². The van der Waals surface area contributed by atoms with E-state index in [0.29, 0.717) is 31.2 Å². The number of allylic oxidation sites excluding steroid dienone is 2. The molecule has 14 heteroatoms. The zero-order valence-corrected chi connectivity index (χ0v) is 38.5. The van der Waals surface area contributed by atoms with Gasteiger partial charge >= 0.3 is 10.2 Å². The Morgan fingerprint density at radius 1 is 0.984 bits per heavy atom. The van der Waals surface area contributed by atoms with Crippen LogP contribution in [0, 0.1) is 17.3 Å². The van der Waals surface area contributed by atoms with Crippen LogP contribution in [-0.4, -0.2) is 82.5 Å². The number of thiazole rings is 1. The lowest BCUT2D eigenvalue weighted by molar-refractivity contribution is -0.142. The van der Waals surface area contributed by atoms with Gasteiger partial charge in [0.05, 0.1) is 29.2 Å². The Morgan fingerprint density at radius 3 is 2.41 bits per heavy atom. The molecule has 2 aromatic carbocycles. The van der Waals surface area contributed by atoms with E-state index in [1.165, 1.54) is 19.0 Å². The standard InChI is InChI=1S/C47H62N6O6S2/c1-29(2)40-42(30(3)4)60-43(48-40)36-22-17-23-37-41(36)49-46(53(37)31(5)6)59-35-25-38-39(54)27-47(45(56)50-61(57,58)51(7)8)26-34(47)21-16-11-9-10-15-20-33(44(55)52(38)28-35)24-32-18-13-12-14-19-32/h12-14,16-19,21-23,29-31,33-35,38H,9-11,15,20,24-28H2,1-8H3,(H,50,56)/b21-16-/t33-,34+,35-,38+,47-/m1/s1. The zero-order valence-electron chi connectivity index (χ0n) is 36.9. The third-order valence-corrected chi connectivity index (χ3v) is 15.4. The second-order valence-electron chi connectivity index (χ2n) is 18.4. The monoisotopic (exact) mass is 870 g/mol. The molecule has 4 heterocycles. The minimum atomic E-state index is -4.10. The number of amides is 2. The average molecular weight is 871 g/mol. The van der Waals surface area contributed by atoms with Crippen LogP contribution in [0.5, 0.6) is 6.01 Å². The van der Waals surface area contributed by atoms with E-state index in [0.717, 1.165) is 62.9 Å². The van der Waals surface area contributed by atoms with E-state index in [9.17, 15) is 22.8 Å². The minimum absolute atomic E-state index is 0.0222. The minimum Gasteiger partial charge on any atom is -0.459 e. The van der Waals surface area contributed by atoms with Gasteiger partial charge in [-0.15, -0.1) is 11.3 Å². The molecular weight excluding hydrogens is 809 g/mol. The summed E-state index contributed by atoms with van der Waals surface area (Å²) in [4.78, 5) is 56.9. The first-order chi connectivity index (χ1) is 29.0. The molecule has 7 rings (SSSR count). The van der Waals surface area contributed by atoms with Crippen LogP contribution in [-0.2, 0) is 31.0 Å². The molecule has 61 heavy (non-hydrogen) atoms. The molecule has 0 spiro atoms. The van der Waals surface area contributed by atoms with Crippen LogP contribution >= 0.6 is 11.3 Å². The van der Waals surface area contributed by atoms with Gasteiger partial charge in [0.15, 0.2) is 5.78 Å². The Morgan fingerprint density at radius 2 is 1.74 bits per heavy atom. The number of ketones is 1. The first-order valence-corrected chi connectivity index (χ1v) is 24.2. The van der Waals surface area contributed by atoms with E-state index in [4.69, 9.17) is 14.7 Å². The predicted octanol–water partition coefficient (Wildman–Crippen LogP) is 8.60. The third kappa shape index (κ3) is 9.37. The van der Waals surface area contributed by atoms with E-state index in [-0.39, 0.29) is 54.9 Å². The van der Waals surface area contributed by atoms with Crippen LogP contribution in [0.25, 0.3) is 21.6 Å². The van der Waals surface area contributed by atoms with Crippen molar-refractivity contribution in [2.45, 2.75) is 129 Å². The van der Waals surface area contributed by atoms with Gasteiger partial charge in [0.25, 0.3) is 6.01 Å². The van der Waals surface area contributed by atoms with Gasteiger partial charge in [-0.25, -0.2) is 9.71 Å². The van der Waals surface area contributed by atoms with Crippen molar-refractivity contribution in [3.8, 4) is 16.6 Å². The molecule has 1 saturated heterocycles. The number of ether oxygens (including phenoxy) is 1. The van der Waals surface area contributed by atoms with E-state index >= 15 is 0 Å². The van der Waals surface area contributed by atoms with Crippen molar-refractivity contribution in [2.75, 3.05) is 20.6 Å². The molecule has 2 aromatic heterocycles. The molecule has 5 atom stereocenters. The van der Waals surface area contributed by atoms with Gasteiger partial charge in [0.2, 0.25) is 11.8 Å². The quantitative estimate of drug-likeness (QED) is 0.148. The molecule has 2 aliphatic heterocycles. The van der Waals surface area contributed by atoms with E-state index in [1.54, 1.807) is 16.2 Å². The Balaban J connectivity index is 1.25. The molecule has 1 aliphatic carbocycles. The summed E-state index contributed by atoms with van der Waals surface area (Å²) >= 11 is 1.71. The number of carbonyl (C=O) groups excluding carboxylic acids is 3. The first kappa shape index (κ1) is 44.6. The van der Waals surface area contributed by atoms with Gasteiger partial charge in [-0.05, 0) is 81.4 Å². The molecule has 2 fully saturated rings. The lowest BCUT2D eigenvalue weighted by Gasteiger charge is -2.29. The summed E-state index contributed by atoms with van der Waals surface area (Å²) in [6.45, 7) is 13.1. The highest BCUT2D eigenvalue weighted by Gasteiger charge is 2.61. The van der Waals surface area contributed by atoms with E-state index in [1.807, 2.05) is 48.5 Å². The van der Waals surface area contributed by atoms with Crippen molar-refractivity contribution in [2.24, 2.45) is 17.3 Å². The fourth-order valence-electron chi connectivity index (χ4n) is 9.12. The smallest absolute Gasteiger partial charge is 0.303 e. The van der Waals surface area contributed by atoms with Crippen molar-refractivity contribution >= 4 is 50.2 Å². The third-order valence-electron chi connectivity index (χ3n) is 12.6. The number of imidazole rings is 1. The zero-order chi connectivity index (χ0) is 43.8. The Labute approximate surface area is 365 Å². The van der Waals surface area contributed by atoms with Crippen molar-refractivity contribution in [3.05, 3.63) is 76.8 Å². The number of aromatic nitrogens is 3. The number of carbonyl (C=O) groups is 3. The van der Waals surface area contributed by atoms with Crippen LogP contribution in [0.1, 0.15) is 127 Å². The summed E-state index contributed by atoms with van der Waals surface area (Å²) in [5, 5.41) is 0.912. The van der Waals surface area contributed by atoms with Gasteiger partial charge in [0.1, 0.15) is 16.6 Å². The van der Waals surface area contributed by atoms with Crippen LogP contribution in [0.4, 0.5) is 0 Å². The lowest BCUT2D eigenvalue weighted by atomic mass is 9.90. The topological polar surface area (TPSA) is 144 Å². The largest absolute Gasteiger partial charge is 0.459 e. The SMILES string of the molecule is CC(C)c1nc(-c2cccc3c2nc(O[C@@H]2C[C@H]4C(=O)C[C@]5(C(=O)NS(=O)(=O)N(C)C)C[C@@H]5/C=C\CCCCC[C@H](Cc5ccccc5)C(=O)N4C2)n3C(C)C)sc1C(C)C. The summed E-state index contributed by atoms with van der Waals surface area (Å²) in [5.74, 6) is -1.12. The van der Waals surface area contributed by atoms with Crippen LogP contribution < -0.4 is 9.46 Å². The molecule has 1 saturated carbocycles. The summed E-state index contributed by atoms with van der Waals surface area (Å²) in [7, 11) is -1.39. The van der Waals surface area contributed by atoms with Crippen molar-refractivity contribution in [3.63, 3.8) is 0 Å². The van der Waals surface area contributed by atoms with Gasteiger partial charge < -0.3 is 9.64 Å². The van der Waals surface area contributed by atoms with Crippen LogP contribution in [0.3, 0.4) is 0 Å². The van der Waals surface area contributed by atoms with E-state index in [2.05, 4.69) is 63.0 Å². The number of fused-ring (bicyclic) bond motifs is 3. The second-order valence-corrected chi connectivity index (χ2v) is 21.3. The highest BCUT2D eigenvalue weighted by molar-refractivity contribution is 7.87. The Kier molecular flexibility index (Phi) is 13.3. The highest BCUT2D eigenvalue weighted by Crippen LogP contribution is 2.57. The summed E-state index contributed by atoms with van der Waals surface area (Å²) in [6.07, 6.45) is 8.55. The predicted molar refractivity (Wildman–Crippen MR) is 241 cm³/mol. The first-order valence-electron chi connectivity index (χ1n) is 22.0. The maximum absolute atomic E-state index is 14.9. The summed E-state index contributed by atoms with van der Waals surface area (Å²) < 4.78 is 37.9. The molecule has 4 aromatic rings. The van der Waals surface area contributed by atoms with Crippen molar-refractivity contribution in [1.82, 2.24) is 28.5 Å². The number of hydrogen-bond donors (Lipinski definition) is 1.